The van der Waals surface area contributed by atoms with Gasteiger partial charge >= 0.3 is 0 Å². The summed E-state index contributed by atoms with van der Waals surface area (Å²) in [5.74, 6) is 3.58. The highest BCUT2D eigenvalue weighted by Gasteiger charge is 2.50. The van der Waals surface area contributed by atoms with Crippen molar-refractivity contribution < 1.29 is 0 Å². The van der Waals surface area contributed by atoms with Gasteiger partial charge in [0, 0.05) is 15.6 Å². The van der Waals surface area contributed by atoms with Gasteiger partial charge in [0.25, 0.3) is 0 Å². The van der Waals surface area contributed by atoms with E-state index in [1.165, 1.54) is 30.5 Å². The first kappa shape index (κ1) is 7.93. The summed E-state index contributed by atoms with van der Waals surface area (Å²) < 4.78 is 0. The third-order valence-electron chi connectivity index (χ3n) is 4.03. The molecule has 5 atom stereocenters. The van der Waals surface area contributed by atoms with Gasteiger partial charge in [0.15, 0.2) is 0 Å². The second-order valence-corrected chi connectivity index (χ2v) is 6.25. The van der Waals surface area contributed by atoms with Crippen molar-refractivity contribution in [3.63, 3.8) is 0 Å². The van der Waals surface area contributed by atoms with E-state index in [-0.39, 0.29) is 0 Å². The largest absolute Gasteiger partial charge is 0.0890 e. The Hall–Kier alpha value is 0.570. The summed E-state index contributed by atoms with van der Waals surface area (Å²) in [6.45, 7) is 0. The molecule has 0 aromatic heterocycles. The van der Waals surface area contributed by atoms with Crippen molar-refractivity contribution in [3.05, 3.63) is 0 Å². The molecule has 12 heavy (non-hydrogen) atoms. The van der Waals surface area contributed by atoms with Crippen LogP contribution in [-0.4, -0.2) is 9.69 Å². The third kappa shape index (κ3) is 0.913. The number of thiocarbonyl (C=S) groups is 1. The molecule has 2 heteroatoms. The van der Waals surface area contributed by atoms with Crippen molar-refractivity contribution in [3.8, 4) is 0 Å². The number of hydrogen-bond acceptors (Lipinski definition) is 1. The minimum absolute atomic E-state index is 0.734. The molecule has 0 radical (unpaired) electrons. The molecular formula is C10H13BrS. The summed E-state index contributed by atoms with van der Waals surface area (Å²) >= 11 is 9.35. The Bertz CT molecular complexity index is 238. The monoisotopic (exact) mass is 244 g/mol. The van der Waals surface area contributed by atoms with Gasteiger partial charge in [-0.2, -0.15) is 0 Å². The SMILES string of the molecule is S=C1C2CC3CC(C2)[C@@H](Br)C1C3. The molecular weight excluding hydrogens is 232 g/mol. The molecule has 4 saturated carbocycles. The highest BCUT2D eigenvalue weighted by atomic mass is 79.9. The van der Waals surface area contributed by atoms with E-state index in [9.17, 15) is 0 Å². The van der Waals surface area contributed by atoms with Gasteiger partial charge in [0.05, 0.1) is 0 Å². The van der Waals surface area contributed by atoms with Gasteiger partial charge in [-0.15, -0.1) is 0 Å². The summed E-state index contributed by atoms with van der Waals surface area (Å²) in [7, 11) is 0. The zero-order valence-electron chi connectivity index (χ0n) is 7.00. The lowest BCUT2D eigenvalue weighted by molar-refractivity contribution is 0.121. The minimum Gasteiger partial charge on any atom is -0.0890 e. The maximum absolute atomic E-state index is 5.52. The van der Waals surface area contributed by atoms with Gasteiger partial charge in [-0.1, -0.05) is 28.1 Å². The van der Waals surface area contributed by atoms with E-state index in [0.29, 0.717) is 0 Å². The van der Waals surface area contributed by atoms with Crippen LogP contribution >= 0.6 is 28.1 Å². The number of hydrogen-bond donors (Lipinski definition) is 0. The van der Waals surface area contributed by atoms with Gasteiger partial charge in [-0.25, -0.2) is 0 Å². The normalized spacial score (nSPS) is 56.4. The molecule has 4 fully saturated rings. The molecule has 0 spiro atoms. The first-order chi connectivity index (χ1) is 5.75. The molecule has 4 aliphatic carbocycles. The van der Waals surface area contributed by atoms with E-state index < -0.39 is 0 Å². The molecule has 0 amide bonds. The van der Waals surface area contributed by atoms with Gasteiger partial charge in [0.1, 0.15) is 0 Å². The molecule has 4 aliphatic rings. The molecule has 0 aromatic rings. The van der Waals surface area contributed by atoms with E-state index in [4.69, 9.17) is 12.2 Å². The highest BCUT2D eigenvalue weighted by molar-refractivity contribution is 9.09. The molecule has 0 nitrogen and oxygen atoms in total. The standard InChI is InChI=1S/C10H13BrS/c11-9-6-1-5-2-7(4-6)10(12)8(9)3-5/h5-9H,1-4H2/t5?,6?,7?,8?,9-/m1/s1. The zero-order chi connectivity index (χ0) is 8.29. The average molecular weight is 245 g/mol. The highest BCUT2D eigenvalue weighted by Crippen LogP contribution is 2.54. The number of halogens is 1. The van der Waals surface area contributed by atoms with Crippen LogP contribution in [-0.2, 0) is 0 Å². The Morgan fingerprint density at radius 1 is 1.17 bits per heavy atom. The van der Waals surface area contributed by atoms with Crippen molar-refractivity contribution in [2.45, 2.75) is 30.5 Å². The molecule has 0 aromatic carbocycles. The fourth-order valence-corrected chi connectivity index (χ4v) is 5.11. The molecule has 0 N–H and O–H groups in total. The van der Waals surface area contributed by atoms with Crippen molar-refractivity contribution >= 4 is 33.0 Å². The average Bonchev–Trinajstić information content (AvgIpc) is 2.07. The summed E-state index contributed by atoms with van der Waals surface area (Å²) in [6, 6.07) is 0. The van der Waals surface area contributed by atoms with Crippen LogP contribution in [0.15, 0.2) is 0 Å². The van der Waals surface area contributed by atoms with Gasteiger partial charge in [-0.3, -0.25) is 0 Å². The van der Waals surface area contributed by atoms with Gasteiger partial charge < -0.3 is 0 Å². The Balaban J connectivity index is 1.98. The maximum Gasteiger partial charge on any atom is 0.0248 e. The number of alkyl halides is 1. The van der Waals surface area contributed by atoms with Crippen LogP contribution in [0.2, 0.25) is 0 Å². The predicted octanol–water partition coefficient (Wildman–Crippen LogP) is 3.19. The fourth-order valence-electron chi connectivity index (χ4n) is 3.56. The lowest BCUT2D eigenvalue weighted by Gasteiger charge is -2.53. The summed E-state index contributed by atoms with van der Waals surface area (Å²) in [4.78, 5) is 2.14. The first-order valence-corrected chi connectivity index (χ1v) is 6.26. The summed E-state index contributed by atoms with van der Waals surface area (Å²) in [5.41, 5.74) is 0. The van der Waals surface area contributed by atoms with Crippen molar-refractivity contribution in [2.75, 3.05) is 0 Å². The molecule has 66 valence electrons. The van der Waals surface area contributed by atoms with E-state index in [2.05, 4.69) is 15.9 Å². The van der Waals surface area contributed by atoms with E-state index in [0.717, 1.165) is 28.5 Å². The lowest BCUT2D eigenvalue weighted by Crippen LogP contribution is -2.51. The van der Waals surface area contributed by atoms with Crippen molar-refractivity contribution in [1.29, 1.82) is 0 Å². The predicted molar refractivity (Wildman–Crippen MR) is 57.7 cm³/mol. The van der Waals surface area contributed by atoms with Crippen molar-refractivity contribution in [1.82, 2.24) is 0 Å². The van der Waals surface area contributed by atoms with E-state index in [1.54, 1.807) is 0 Å². The topological polar surface area (TPSA) is 0 Å². The van der Waals surface area contributed by atoms with Crippen LogP contribution in [0, 0.1) is 23.7 Å². The Morgan fingerprint density at radius 2 is 2.00 bits per heavy atom. The second kappa shape index (κ2) is 2.54. The molecule has 4 unspecified atom stereocenters. The van der Waals surface area contributed by atoms with Gasteiger partial charge in [-0.05, 0) is 43.4 Å². The van der Waals surface area contributed by atoms with Crippen LogP contribution in [0.4, 0.5) is 0 Å². The maximum atomic E-state index is 5.52. The van der Waals surface area contributed by atoms with Crippen LogP contribution in [0.1, 0.15) is 25.7 Å². The molecule has 0 saturated heterocycles. The zero-order valence-corrected chi connectivity index (χ0v) is 9.40. The van der Waals surface area contributed by atoms with E-state index in [1.807, 2.05) is 0 Å². The van der Waals surface area contributed by atoms with E-state index >= 15 is 0 Å². The molecule has 4 rings (SSSR count). The molecule has 0 aliphatic heterocycles. The molecule has 0 heterocycles. The first-order valence-electron chi connectivity index (χ1n) is 4.93. The summed E-state index contributed by atoms with van der Waals surface area (Å²) in [6.07, 6.45) is 5.68. The molecule has 4 bridgehead atoms. The fraction of sp³-hybridized carbons (Fsp3) is 0.900. The Morgan fingerprint density at radius 3 is 2.83 bits per heavy atom. The van der Waals surface area contributed by atoms with Crippen molar-refractivity contribution in [2.24, 2.45) is 23.7 Å². The van der Waals surface area contributed by atoms with Gasteiger partial charge in [0.2, 0.25) is 0 Å². The lowest BCUT2D eigenvalue weighted by atomic mass is 9.56. The van der Waals surface area contributed by atoms with Crippen LogP contribution in [0.3, 0.4) is 0 Å². The van der Waals surface area contributed by atoms with Crippen LogP contribution in [0.25, 0.3) is 0 Å². The number of rotatable bonds is 0. The summed E-state index contributed by atoms with van der Waals surface area (Å²) in [5, 5.41) is 0. The minimum atomic E-state index is 0.734. The van der Waals surface area contributed by atoms with Crippen LogP contribution in [0.5, 0.6) is 0 Å². The smallest absolute Gasteiger partial charge is 0.0248 e. The Kier molecular flexibility index (Phi) is 1.68. The van der Waals surface area contributed by atoms with Crippen LogP contribution < -0.4 is 0 Å². The second-order valence-electron chi connectivity index (χ2n) is 4.72. The third-order valence-corrected chi connectivity index (χ3v) is 6.05. The Labute approximate surface area is 87.2 Å². The quantitative estimate of drug-likeness (QED) is 0.466.